The summed E-state index contributed by atoms with van der Waals surface area (Å²) in [6, 6.07) is 5.93. The average molecular weight is 484 g/mol. The Morgan fingerprint density at radius 2 is 1.74 bits per heavy atom. The Morgan fingerprint density at radius 1 is 1.06 bits per heavy atom. The number of nitrogens with zero attached hydrogens (tertiary/aromatic N) is 7. The molecule has 184 valence electrons. The summed E-state index contributed by atoms with van der Waals surface area (Å²) in [5, 5.41) is 20.5. The number of aromatic hydroxyl groups is 1. The van der Waals surface area contributed by atoms with Gasteiger partial charge in [-0.3, -0.25) is 24.0 Å². The monoisotopic (exact) mass is 484 g/mol. The van der Waals surface area contributed by atoms with E-state index in [2.05, 4.69) is 20.5 Å². The van der Waals surface area contributed by atoms with Gasteiger partial charge in [0.1, 0.15) is 5.75 Å². The van der Waals surface area contributed by atoms with Crippen LogP contribution in [0.15, 0.2) is 49.1 Å². The standard InChI is InChI=1S/C21H24N8O6/c1-26-15-14(16(30)23-20(26)33)29(10-9-11-5-7-12(35-4)8-6-11)19(22-15)25-24-13-17(31)27(2)21(34)28(3)18(13)32/h5-8,14-15,31H,9-10H2,1-4H3,(H,23,30,33). The van der Waals surface area contributed by atoms with Crippen LogP contribution in [0.25, 0.3) is 0 Å². The first-order valence-electron chi connectivity index (χ1n) is 10.6. The third-order valence-electron chi connectivity index (χ3n) is 5.99. The maximum Gasteiger partial charge on any atom is 0.333 e. The number of hydrogen-bond acceptors (Lipinski definition) is 10. The summed E-state index contributed by atoms with van der Waals surface area (Å²) in [4.78, 5) is 56.5. The van der Waals surface area contributed by atoms with E-state index < -0.39 is 47.0 Å². The Hall–Kier alpha value is -4.49. The summed E-state index contributed by atoms with van der Waals surface area (Å²) >= 11 is 0. The molecule has 1 saturated heterocycles. The Labute approximate surface area is 198 Å². The molecule has 2 aliphatic rings. The van der Waals surface area contributed by atoms with E-state index in [-0.39, 0.29) is 12.5 Å². The number of hydrogen-bond donors (Lipinski definition) is 2. The number of carbonyl (C=O) groups excluding carboxylic acids is 2. The zero-order valence-corrected chi connectivity index (χ0v) is 19.5. The van der Waals surface area contributed by atoms with Crippen molar-refractivity contribution in [1.29, 1.82) is 0 Å². The number of imide groups is 1. The Kier molecular flexibility index (Phi) is 6.11. The number of rotatable bonds is 5. The summed E-state index contributed by atoms with van der Waals surface area (Å²) < 4.78 is 6.81. The third-order valence-corrected chi connectivity index (χ3v) is 5.99. The van der Waals surface area contributed by atoms with Crippen molar-refractivity contribution in [2.24, 2.45) is 29.3 Å². The highest BCUT2D eigenvalue weighted by molar-refractivity contribution is 6.03. The Balaban J connectivity index is 1.68. The number of fused-ring (bicyclic) bond motifs is 1. The van der Waals surface area contributed by atoms with Gasteiger partial charge in [0.15, 0.2) is 12.2 Å². The predicted molar refractivity (Wildman–Crippen MR) is 123 cm³/mol. The number of aromatic nitrogens is 2. The van der Waals surface area contributed by atoms with Crippen LogP contribution in [-0.4, -0.2) is 74.8 Å². The van der Waals surface area contributed by atoms with E-state index >= 15 is 0 Å². The van der Waals surface area contributed by atoms with Gasteiger partial charge >= 0.3 is 11.7 Å². The molecule has 0 spiro atoms. The summed E-state index contributed by atoms with van der Waals surface area (Å²) in [6.07, 6.45) is -0.350. The van der Waals surface area contributed by atoms with Crippen molar-refractivity contribution < 1.29 is 19.4 Å². The molecule has 2 unspecified atom stereocenters. The van der Waals surface area contributed by atoms with Crippen molar-refractivity contribution in [3.8, 4) is 11.6 Å². The molecule has 0 radical (unpaired) electrons. The van der Waals surface area contributed by atoms with Gasteiger partial charge < -0.3 is 19.6 Å². The van der Waals surface area contributed by atoms with Gasteiger partial charge in [-0.25, -0.2) is 14.6 Å². The largest absolute Gasteiger partial charge is 0.497 e. The number of nitrogens with one attached hydrogen (secondary N) is 1. The molecule has 3 heterocycles. The van der Waals surface area contributed by atoms with Gasteiger partial charge in [-0.05, 0) is 24.1 Å². The predicted octanol–water partition coefficient (Wildman–Crippen LogP) is -0.327. The quantitative estimate of drug-likeness (QED) is 0.549. The first kappa shape index (κ1) is 23.7. The van der Waals surface area contributed by atoms with Crippen molar-refractivity contribution in [1.82, 2.24) is 24.3 Å². The molecular formula is C21H24N8O6. The normalized spacial score (nSPS) is 19.7. The topological polar surface area (TPSA) is 163 Å². The molecule has 0 saturated carbocycles. The van der Waals surface area contributed by atoms with Crippen molar-refractivity contribution in [2.45, 2.75) is 18.6 Å². The molecule has 0 bridgehead atoms. The van der Waals surface area contributed by atoms with Crippen molar-refractivity contribution in [3.05, 3.63) is 50.7 Å². The van der Waals surface area contributed by atoms with Crippen molar-refractivity contribution >= 4 is 23.6 Å². The molecule has 4 rings (SSSR count). The first-order chi connectivity index (χ1) is 16.6. The lowest BCUT2D eigenvalue weighted by atomic mass is 10.1. The molecule has 2 aromatic rings. The molecule has 2 N–H and O–H groups in total. The zero-order valence-electron chi connectivity index (χ0n) is 19.5. The lowest BCUT2D eigenvalue weighted by molar-refractivity contribution is -0.127. The fraction of sp³-hybridized carbons (Fsp3) is 0.381. The van der Waals surface area contributed by atoms with Gasteiger partial charge in [-0.15, -0.1) is 10.2 Å². The molecule has 35 heavy (non-hydrogen) atoms. The Morgan fingerprint density at radius 3 is 2.40 bits per heavy atom. The average Bonchev–Trinajstić information content (AvgIpc) is 3.23. The van der Waals surface area contributed by atoms with Crippen LogP contribution in [0.2, 0.25) is 0 Å². The van der Waals surface area contributed by atoms with Gasteiger partial charge in [0.25, 0.3) is 11.5 Å². The van der Waals surface area contributed by atoms with E-state index in [4.69, 9.17) is 4.74 Å². The van der Waals surface area contributed by atoms with Gasteiger partial charge in [0.2, 0.25) is 17.5 Å². The lowest BCUT2D eigenvalue weighted by Crippen LogP contribution is -2.63. The number of azo groups is 1. The maximum absolute atomic E-state index is 12.7. The van der Waals surface area contributed by atoms with E-state index in [1.54, 1.807) is 12.0 Å². The number of carbonyl (C=O) groups is 2. The number of methoxy groups -OCH3 is 1. The highest BCUT2D eigenvalue weighted by Crippen LogP contribution is 2.27. The second-order valence-electron chi connectivity index (χ2n) is 8.06. The molecule has 0 aliphatic carbocycles. The molecule has 1 aromatic heterocycles. The van der Waals surface area contributed by atoms with E-state index in [1.807, 2.05) is 24.3 Å². The van der Waals surface area contributed by atoms with Crippen molar-refractivity contribution in [3.63, 3.8) is 0 Å². The van der Waals surface area contributed by atoms with E-state index in [0.717, 1.165) is 14.7 Å². The van der Waals surface area contributed by atoms with E-state index in [1.165, 1.54) is 26.0 Å². The lowest BCUT2D eigenvalue weighted by Gasteiger charge is -2.35. The SMILES string of the molecule is COc1ccc(CCN2C(N=Nc3c(O)n(C)c(=O)n(C)c3=O)=NC3C2C(=O)NC(=O)N3C)cc1. The molecule has 1 aromatic carbocycles. The van der Waals surface area contributed by atoms with Gasteiger partial charge in [0.05, 0.1) is 7.11 Å². The van der Waals surface area contributed by atoms with E-state index in [0.29, 0.717) is 12.2 Å². The van der Waals surface area contributed by atoms with Gasteiger partial charge in [0, 0.05) is 27.7 Å². The molecule has 2 atom stereocenters. The number of guanidine groups is 1. The molecular weight excluding hydrogens is 460 g/mol. The maximum atomic E-state index is 12.7. The highest BCUT2D eigenvalue weighted by Gasteiger charge is 2.48. The summed E-state index contributed by atoms with van der Waals surface area (Å²) in [5.74, 6) is -0.493. The van der Waals surface area contributed by atoms with Crippen LogP contribution in [0.1, 0.15) is 5.56 Å². The molecule has 1 fully saturated rings. The summed E-state index contributed by atoms with van der Waals surface area (Å²) in [6.45, 7) is 0.290. The number of amides is 3. The minimum absolute atomic E-state index is 0.000479. The van der Waals surface area contributed by atoms with Gasteiger partial charge in [-0.1, -0.05) is 12.1 Å². The van der Waals surface area contributed by atoms with Crippen LogP contribution in [0.5, 0.6) is 11.6 Å². The minimum atomic E-state index is -0.860. The molecule has 14 nitrogen and oxygen atoms in total. The Bertz CT molecular complexity index is 1360. The van der Waals surface area contributed by atoms with Gasteiger partial charge in [-0.2, -0.15) is 0 Å². The first-order valence-corrected chi connectivity index (χ1v) is 10.6. The molecule has 14 heteroatoms. The third kappa shape index (κ3) is 4.13. The van der Waals surface area contributed by atoms with Crippen LogP contribution >= 0.6 is 0 Å². The van der Waals surface area contributed by atoms with Crippen LogP contribution < -0.4 is 21.3 Å². The van der Waals surface area contributed by atoms with Crippen LogP contribution in [0.3, 0.4) is 0 Å². The number of likely N-dealkylation sites (N-methyl/N-ethyl adjacent to an activating group) is 1. The highest BCUT2D eigenvalue weighted by atomic mass is 16.5. The zero-order chi connectivity index (χ0) is 25.4. The fourth-order valence-electron chi connectivity index (χ4n) is 3.87. The number of urea groups is 1. The number of ether oxygens (including phenoxy) is 1. The second kappa shape index (κ2) is 9.04. The van der Waals surface area contributed by atoms with Crippen LogP contribution in [0, 0.1) is 0 Å². The van der Waals surface area contributed by atoms with Crippen LogP contribution in [0.4, 0.5) is 10.5 Å². The van der Waals surface area contributed by atoms with Crippen molar-refractivity contribution in [2.75, 3.05) is 20.7 Å². The number of aliphatic imine (C=N–C) groups is 1. The molecule has 2 aliphatic heterocycles. The summed E-state index contributed by atoms with van der Waals surface area (Å²) in [5.41, 5.74) is -1.08. The summed E-state index contributed by atoms with van der Waals surface area (Å²) in [7, 11) is 5.60. The smallest absolute Gasteiger partial charge is 0.333 e. The molecule has 3 amide bonds. The number of benzene rings is 1. The van der Waals surface area contributed by atoms with Crippen LogP contribution in [-0.2, 0) is 25.3 Å². The van der Waals surface area contributed by atoms with E-state index in [9.17, 15) is 24.3 Å². The minimum Gasteiger partial charge on any atom is -0.497 e. The fourth-order valence-corrected chi connectivity index (χ4v) is 3.87. The second-order valence-corrected chi connectivity index (χ2v) is 8.06.